The third-order valence-corrected chi connectivity index (χ3v) is 8.60. The highest BCUT2D eigenvalue weighted by Gasteiger charge is 2.46. The van der Waals surface area contributed by atoms with Gasteiger partial charge in [0.25, 0.3) is 5.91 Å². The van der Waals surface area contributed by atoms with E-state index in [1.165, 1.54) is 23.8 Å². The zero-order chi connectivity index (χ0) is 24.0. The van der Waals surface area contributed by atoms with Gasteiger partial charge in [-0.15, -0.1) is 0 Å². The van der Waals surface area contributed by atoms with Crippen LogP contribution >= 0.6 is 0 Å². The molecule has 0 atom stereocenters. The Morgan fingerprint density at radius 3 is 2.52 bits per heavy atom. The van der Waals surface area contributed by atoms with Gasteiger partial charge >= 0.3 is 0 Å². The molecule has 0 unspecified atom stereocenters. The average molecular weight is 477 g/mol. The van der Waals surface area contributed by atoms with Crippen LogP contribution in [0.1, 0.15) is 61.6 Å². The number of anilines is 1. The molecule has 0 saturated carbocycles. The number of amides is 1. The molecule has 10 heteroatoms. The summed E-state index contributed by atoms with van der Waals surface area (Å²) in [5.41, 5.74) is -0.641. The molecule has 1 amide bonds. The normalized spacial score (nSPS) is 20.0. The number of nitrogens with zero attached hydrogens (tertiary/aromatic N) is 4. The van der Waals surface area contributed by atoms with Crippen LogP contribution in [0.2, 0.25) is 0 Å². The monoisotopic (exact) mass is 476 g/mol. The number of methoxy groups -OCH3 is 1. The van der Waals surface area contributed by atoms with E-state index in [1.807, 2.05) is 20.8 Å². The van der Waals surface area contributed by atoms with Crippen molar-refractivity contribution in [3.8, 4) is 5.88 Å². The molecule has 2 aliphatic rings. The van der Waals surface area contributed by atoms with Crippen molar-refractivity contribution in [2.24, 2.45) is 0 Å². The third kappa shape index (κ3) is 3.99. The molecule has 8 nitrogen and oxygen atoms in total. The fourth-order valence-corrected chi connectivity index (χ4v) is 6.22. The van der Waals surface area contributed by atoms with E-state index in [0.717, 1.165) is 0 Å². The van der Waals surface area contributed by atoms with Gasteiger partial charge in [0.1, 0.15) is 5.67 Å². The van der Waals surface area contributed by atoms with Gasteiger partial charge in [0.2, 0.25) is 15.9 Å². The molecule has 0 aliphatic carbocycles. The Hall–Kier alpha value is -2.59. The molecule has 178 valence electrons. The van der Waals surface area contributed by atoms with Gasteiger partial charge in [-0.05, 0) is 45.2 Å². The number of alkyl halides is 1. The molecule has 2 aliphatic heterocycles. The predicted octanol–water partition coefficient (Wildman–Crippen LogP) is 3.38. The van der Waals surface area contributed by atoms with Gasteiger partial charge in [0.05, 0.1) is 41.5 Å². The molecule has 4 heterocycles. The van der Waals surface area contributed by atoms with Crippen molar-refractivity contribution in [2.75, 3.05) is 30.9 Å². The van der Waals surface area contributed by atoms with E-state index in [1.54, 1.807) is 23.1 Å². The molecule has 0 N–H and O–H groups in total. The first-order chi connectivity index (χ1) is 15.5. The number of piperidine rings is 1. The fraction of sp³-hybridized carbons (Fsp3) is 0.522. The van der Waals surface area contributed by atoms with Crippen LogP contribution in [0.3, 0.4) is 0 Å². The van der Waals surface area contributed by atoms with E-state index in [0.29, 0.717) is 34.8 Å². The minimum Gasteiger partial charge on any atom is -0.481 e. The maximum atomic E-state index is 16.0. The second-order valence-electron chi connectivity index (χ2n) is 9.06. The Balaban J connectivity index is 1.62. The Kier molecular flexibility index (Phi) is 5.94. The number of ether oxygens (including phenoxy) is 1. The molecular weight excluding hydrogens is 447 g/mol. The van der Waals surface area contributed by atoms with Gasteiger partial charge in [-0.25, -0.2) is 22.1 Å². The number of fused-ring (bicyclic) bond motifs is 1. The van der Waals surface area contributed by atoms with Crippen molar-refractivity contribution in [2.45, 2.75) is 51.2 Å². The van der Waals surface area contributed by atoms with Crippen LogP contribution in [0.25, 0.3) is 0 Å². The second-order valence-corrected chi connectivity index (χ2v) is 11.2. The molecule has 0 bridgehead atoms. The maximum absolute atomic E-state index is 16.0. The number of hydrogen-bond donors (Lipinski definition) is 0. The standard InChI is InChI=1S/C23H29FN4O4S/c1-5-12-33(30,31)27-10-8-23(24,9-11-27)16-13-17(15-25-14-16)28-21(29)18-6-7-19(32-4)26-20(18)22(28,2)3/h6-7,13-15H,5,8-12H2,1-4H3. The van der Waals surface area contributed by atoms with E-state index < -0.39 is 21.2 Å². The number of hydrogen-bond acceptors (Lipinski definition) is 6. The van der Waals surface area contributed by atoms with Crippen molar-refractivity contribution >= 4 is 21.6 Å². The SMILES string of the molecule is CCCS(=O)(=O)N1CCC(F)(c2cncc(N3C(=O)c4ccc(OC)nc4C3(C)C)c2)CC1. The Labute approximate surface area is 193 Å². The molecule has 0 radical (unpaired) electrons. The molecule has 2 aromatic heterocycles. The van der Waals surface area contributed by atoms with E-state index >= 15 is 4.39 Å². The lowest BCUT2D eigenvalue weighted by atomic mass is 9.87. The summed E-state index contributed by atoms with van der Waals surface area (Å²) in [5, 5.41) is 0. The quantitative estimate of drug-likeness (QED) is 0.635. The van der Waals surface area contributed by atoms with Crippen molar-refractivity contribution in [3.05, 3.63) is 47.4 Å². The minimum absolute atomic E-state index is 0.0391. The molecule has 2 aromatic rings. The number of aromatic nitrogens is 2. The van der Waals surface area contributed by atoms with Crippen LogP contribution in [-0.4, -0.2) is 54.6 Å². The summed E-state index contributed by atoms with van der Waals surface area (Å²) in [5.74, 6) is 0.239. The van der Waals surface area contributed by atoms with Gasteiger partial charge in [-0.1, -0.05) is 6.92 Å². The number of carbonyl (C=O) groups is 1. The zero-order valence-corrected chi connectivity index (χ0v) is 20.2. The number of carbonyl (C=O) groups excluding carboxylic acids is 1. The topological polar surface area (TPSA) is 92.7 Å². The first-order valence-electron chi connectivity index (χ1n) is 11.1. The Morgan fingerprint density at radius 2 is 1.88 bits per heavy atom. The van der Waals surface area contributed by atoms with Crippen molar-refractivity contribution in [1.82, 2.24) is 14.3 Å². The lowest BCUT2D eigenvalue weighted by Gasteiger charge is -2.37. The summed E-state index contributed by atoms with van der Waals surface area (Å²) in [6.45, 7) is 5.79. The first-order valence-corrected chi connectivity index (χ1v) is 12.7. The van der Waals surface area contributed by atoms with Crippen LogP contribution in [0.15, 0.2) is 30.6 Å². The van der Waals surface area contributed by atoms with E-state index in [-0.39, 0.29) is 37.6 Å². The average Bonchev–Trinajstić information content (AvgIpc) is 2.98. The summed E-state index contributed by atoms with van der Waals surface area (Å²) in [6.07, 6.45) is 3.60. The molecular formula is C23H29FN4O4S. The summed E-state index contributed by atoms with van der Waals surface area (Å²) < 4.78 is 47.3. The van der Waals surface area contributed by atoms with Gasteiger partial charge in [-0.2, -0.15) is 0 Å². The van der Waals surface area contributed by atoms with E-state index in [2.05, 4.69) is 9.97 Å². The molecule has 1 saturated heterocycles. The van der Waals surface area contributed by atoms with Gasteiger partial charge < -0.3 is 4.74 Å². The highest BCUT2D eigenvalue weighted by Crippen LogP contribution is 2.44. The van der Waals surface area contributed by atoms with Crippen LogP contribution in [0.4, 0.5) is 10.1 Å². The van der Waals surface area contributed by atoms with Crippen molar-refractivity contribution in [1.29, 1.82) is 0 Å². The summed E-state index contributed by atoms with van der Waals surface area (Å²) in [4.78, 5) is 23.5. The Bertz CT molecular complexity index is 1180. The summed E-state index contributed by atoms with van der Waals surface area (Å²) >= 11 is 0. The molecule has 0 spiro atoms. The number of halogens is 1. The largest absolute Gasteiger partial charge is 0.481 e. The molecule has 4 rings (SSSR count). The minimum atomic E-state index is -3.37. The molecule has 1 fully saturated rings. The van der Waals surface area contributed by atoms with Crippen molar-refractivity contribution in [3.63, 3.8) is 0 Å². The maximum Gasteiger partial charge on any atom is 0.261 e. The summed E-state index contributed by atoms with van der Waals surface area (Å²) in [7, 11) is -1.85. The first kappa shape index (κ1) is 23.6. The predicted molar refractivity (Wildman–Crippen MR) is 123 cm³/mol. The summed E-state index contributed by atoms with van der Waals surface area (Å²) in [6, 6.07) is 4.97. The number of rotatable bonds is 6. The fourth-order valence-electron chi connectivity index (χ4n) is 4.70. The third-order valence-electron chi connectivity index (χ3n) is 6.52. The molecule has 0 aromatic carbocycles. The van der Waals surface area contributed by atoms with E-state index in [4.69, 9.17) is 4.74 Å². The number of pyridine rings is 2. The van der Waals surface area contributed by atoms with Gasteiger partial charge in [0.15, 0.2) is 0 Å². The van der Waals surface area contributed by atoms with Crippen LogP contribution < -0.4 is 9.64 Å². The molecule has 33 heavy (non-hydrogen) atoms. The smallest absolute Gasteiger partial charge is 0.261 e. The van der Waals surface area contributed by atoms with Crippen LogP contribution in [0.5, 0.6) is 5.88 Å². The lowest BCUT2D eigenvalue weighted by molar-refractivity contribution is 0.0864. The van der Waals surface area contributed by atoms with Crippen molar-refractivity contribution < 1.29 is 22.3 Å². The van der Waals surface area contributed by atoms with E-state index in [9.17, 15) is 13.2 Å². The van der Waals surface area contributed by atoms with Gasteiger partial charge in [0, 0.05) is 30.9 Å². The zero-order valence-electron chi connectivity index (χ0n) is 19.3. The Morgan fingerprint density at radius 1 is 1.18 bits per heavy atom. The number of sulfonamides is 1. The highest BCUT2D eigenvalue weighted by atomic mass is 32.2. The lowest BCUT2D eigenvalue weighted by Crippen LogP contribution is -2.44. The second kappa shape index (κ2) is 8.32. The van der Waals surface area contributed by atoms with Gasteiger partial charge in [-0.3, -0.25) is 14.7 Å². The van der Waals surface area contributed by atoms with Crippen LogP contribution in [-0.2, 0) is 21.2 Å². The van der Waals surface area contributed by atoms with Crippen LogP contribution in [0, 0.1) is 0 Å². The highest BCUT2D eigenvalue weighted by molar-refractivity contribution is 7.89.